The SMILES string of the molecule is CC(O)(CNc1nnc(-c2ccccc2)s1)C(=O)O. The lowest BCUT2D eigenvalue weighted by Gasteiger charge is -2.17. The summed E-state index contributed by atoms with van der Waals surface area (Å²) < 4.78 is 0. The van der Waals surface area contributed by atoms with Crippen molar-refractivity contribution in [2.45, 2.75) is 12.5 Å². The molecule has 1 unspecified atom stereocenters. The van der Waals surface area contributed by atoms with Crippen LogP contribution in [0.3, 0.4) is 0 Å². The summed E-state index contributed by atoms with van der Waals surface area (Å²) >= 11 is 1.30. The van der Waals surface area contributed by atoms with E-state index in [1.807, 2.05) is 30.3 Å². The van der Waals surface area contributed by atoms with Crippen molar-refractivity contribution in [1.29, 1.82) is 0 Å². The Labute approximate surface area is 113 Å². The Morgan fingerprint density at radius 2 is 2.05 bits per heavy atom. The summed E-state index contributed by atoms with van der Waals surface area (Å²) in [4.78, 5) is 10.7. The first-order valence-corrected chi connectivity index (χ1v) is 6.39. The molecule has 1 aromatic heterocycles. The van der Waals surface area contributed by atoms with Gasteiger partial charge in [-0.2, -0.15) is 0 Å². The van der Waals surface area contributed by atoms with Crippen LogP contribution < -0.4 is 5.32 Å². The molecule has 100 valence electrons. The van der Waals surface area contributed by atoms with E-state index in [-0.39, 0.29) is 6.54 Å². The maximum atomic E-state index is 10.7. The van der Waals surface area contributed by atoms with Crippen molar-refractivity contribution in [3.05, 3.63) is 30.3 Å². The lowest BCUT2D eigenvalue weighted by atomic mass is 10.1. The van der Waals surface area contributed by atoms with Crippen LogP contribution in [0.25, 0.3) is 10.6 Å². The summed E-state index contributed by atoms with van der Waals surface area (Å²) in [5.74, 6) is -1.28. The minimum absolute atomic E-state index is 0.133. The van der Waals surface area contributed by atoms with E-state index in [1.54, 1.807) is 0 Å². The van der Waals surface area contributed by atoms with Gasteiger partial charge in [0.05, 0.1) is 6.54 Å². The standard InChI is InChI=1S/C12H13N3O3S/c1-12(18,10(16)17)7-13-11-15-14-9(19-11)8-5-3-2-4-6-8/h2-6,18H,7H2,1H3,(H,13,15)(H,16,17). The Morgan fingerprint density at radius 3 is 2.68 bits per heavy atom. The second-order valence-corrected chi connectivity index (χ2v) is 5.19. The van der Waals surface area contributed by atoms with Gasteiger partial charge in [0.25, 0.3) is 0 Å². The van der Waals surface area contributed by atoms with E-state index in [2.05, 4.69) is 15.5 Å². The summed E-state index contributed by atoms with van der Waals surface area (Å²) in [6.45, 7) is 1.09. The minimum Gasteiger partial charge on any atom is -0.479 e. The highest BCUT2D eigenvalue weighted by Crippen LogP contribution is 2.26. The summed E-state index contributed by atoms with van der Waals surface area (Å²) in [7, 11) is 0. The second-order valence-electron chi connectivity index (χ2n) is 4.21. The zero-order chi connectivity index (χ0) is 13.9. The molecule has 2 aromatic rings. The first kappa shape index (κ1) is 13.4. The van der Waals surface area contributed by atoms with Crippen molar-refractivity contribution < 1.29 is 15.0 Å². The number of nitrogens with zero attached hydrogens (tertiary/aromatic N) is 2. The van der Waals surface area contributed by atoms with Gasteiger partial charge in [0.2, 0.25) is 5.13 Å². The third-order valence-corrected chi connectivity index (χ3v) is 3.42. The van der Waals surface area contributed by atoms with Crippen molar-refractivity contribution in [2.75, 3.05) is 11.9 Å². The van der Waals surface area contributed by atoms with Crippen LogP contribution in [0, 0.1) is 0 Å². The van der Waals surface area contributed by atoms with Gasteiger partial charge in [-0.15, -0.1) is 10.2 Å². The molecule has 0 fully saturated rings. The highest BCUT2D eigenvalue weighted by molar-refractivity contribution is 7.18. The molecular weight excluding hydrogens is 266 g/mol. The zero-order valence-electron chi connectivity index (χ0n) is 10.2. The van der Waals surface area contributed by atoms with E-state index in [9.17, 15) is 9.90 Å². The molecule has 0 aliphatic rings. The molecule has 7 heteroatoms. The van der Waals surface area contributed by atoms with Crippen LogP contribution in [0.5, 0.6) is 0 Å². The molecule has 0 bridgehead atoms. The maximum Gasteiger partial charge on any atom is 0.337 e. The van der Waals surface area contributed by atoms with Crippen LogP contribution in [-0.4, -0.2) is 38.5 Å². The molecular formula is C12H13N3O3S. The van der Waals surface area contributed by atoms with Crippen LogP contribution in [0.4, 0.5) is 5.13 Å². The fraction of sp³-hybridized carbons (Fsp3) is 0.250. The fourth-order valence-corrected chi connectivity index (χ4v) is 2.06. The summed E-state index contributed by atoms with van der Waals surface area (Å²) in [6.07, 6.45) is 0. The normalized spacial score (nSPS) is 13.8. The Morgan fingerprint density at radius 1 is 1.37 bits per heavy atom. The van der Waals surface area contributed by atoms with E-state index in [1.165, 1.54) is 18.3 Å². The molecule has 0 radical (unpaired) electrons. The number of aliphatic hydroxyl groups is 1. The van der Waals surface area contributed by atoms with Crippen LogP contribution >= 0.6 is 11.3 Å². The van der Waals surface area contributed by atoms with Gasteiger partial charge in [-0.25, -0.2) is 4.79 Å². The van der Waals surface area contributed by atoms with Gasteiger partial charge in [0, 0.05) is 5.56 Å². The molecule has 0 saturated carbocycles. The maximum absolute atomic E-state index is 10.7. The predicted molar refractivity (Wildman–Crippen MR) is 72.1 cm³/mol. The molecule has 0 saturated heterocycles. The lowest BCUT2D eigenvalue weighted by molar-refractivity contribution is -0.155. The van der Waals surface area contributed by atoms with E-state index in [0.29, 0.717) is 5.13 Å². The minimum atomic E-state index is -1.83. The van der Waals surface area contributed by atoms with Crippen molar-refractivity contribution in [3.63, 3.8) is 0 Å². The average molecular weight is 279 g/mol. The zero-order valence-corrected chi connectivity index (χ0v) is 11.0. The molecule has 0 spiro atoms. The Balaban J connectivity index is 2.05. The Hall–Kier alpha value is -1.99. The number of carboxylic acids is 1. The van der Waals surface area contributed by atoms with Gasteiger partial charge >= 0.3 is 5.97 Å². The smallest absolute Gasteiger partial charge is 0.337 e. The summed E-state index contributed by atoms with van der Waals surface area (Å²) in [6, 6.07) is 9.54. The number of aromatic nitrogens is 2. The number of rotatable bonds is 5. The van der Waals surface area contributed by atoms with E-state index < -0.39 is 11.6 Å². The molecule has 1 aromatic carbocycles. The van der Waals surface area contributed by atoms with Crippen molar-refractivity contribution in [2.24, 2.45) is 0 Å². The molecule has 2 rings (SSSR count). The summed E-state index contributed by atoms with van der Waals surface area (Å²) in [5, 5.41) is 30.2. The van der Waals surface area contributed by atoms with Gasteiger partial charge < -0.3 is 15.5 Å². The van der Waals surface area contributed by atoms with Crippen molar-refractivity contribution in [3.8, 4) is 10.6 Å². The number of hydrogen-bond acceptors (Lipinski definition) is 6. The fourth-order valence-electron chi connectivity index (χ4n) is 1.32. The highest BCUT2D eigenvalue weighted by Gasteiger charge is 2.29. The molecule has 0 aliphatic heterocycles. The number of carbonyl (C=O) groups is 1. The van der Waals surface area contributed by atoms with Gasteiger partial charge in [0.15, 0.2) is 5.60 Å². The molecule has 1 atom stereocenters. The number of carboxylic acid groups (broad SMARTS) is 1. The van der Waals surface area contributed by atoms with E-state index in [0.717, 1.165) is 10.6 Å². The third kappa shape index (κ3) is 3.27. The molecule has 0 amide bonds. The second kappa shape index (κ2) is 5.33. The number of benzene rings is 1. The predicted octanol–water partition coefficient (Wildman–Crippen LogP) is 1.45. The van der Waals surface area contributed by atoms with Crippen LogP contribution in [0.2, 0.25) is 0 Å². The van der Waals surface area contributed by atoms with Crippen molar-refractivity contribution in [1.82, 2.24) is 10.2 Å². The largest absolute Gasteiger partial charge is 0.479 e. The van der Waals surface area contributed by atoms with Gasteiger partial charge in [-0.05, 0) is 6.92 Å². The topological polar surface area (TPSA) is 95.3 Å². The molecule has 19 heavy (non-hydrogen) atoms. The summed E-state index contributed by atoms with van der Waals surface area (Å²) in [5.41, 5.74) is -0.892. The van der Waals surface area contributed by atoms with Crippen LogP contribution in [0.15, 0.2) is 30.3 Å². The van der Waals surface area contributed by atoms with Gasteiger partial charge in [0.1, 0.15) is 5.01 Å². The number of anilines is 1. The van der Waals surface area contributed by atoms with E-state index >= 15 is 0 Å². The number of nitrogens with one attached hydrogen (secondary N) is 1. The van der Waals surface area contributed by atoms with Crippen LogP contribution in [-0.2, 0) is 4.79 Å². The lowest BCUT2D eigenvalue weighted by Crippen LogP contribution is -2.41. The molecule has 1 heterocycles. The van der Waals surface area contributed by atoms with Crippen LogP contribution in [0.1, 0.15) is 6.92 Å². The monoisotopic (exact) mass is 279 g/mol. The molecule has 6 nitrogen and oxygen atoms in total. The first-order chi connectivity index (χ1) is 8.99. The molecule has 0 aliphatic carbocycles. The van der Waals surface area contributed by atoms with Crippen molar-refractivity contribution >= 4 is 22.4 Å². The Bertz CT molecular complexity index is 569. The number of aliphatic carboxylic acids is 1. The highest BCUT2D eigenvalue weighted by atomic mass is 32.1. The number of hydrogen-bond donors (Lipinski definition) is 3. The average Bonchev–Trinajstić information content (AvgIpc) is 2.86. The molecule has 3 N–H and O–H groups in total. The van der Waals surface area contributed by atoms with Gasteiger partial charge in [-0.3, -0.25) is 0 Å². The Kier molecular flexibility index (Phi) is 3.77. The van der Waals surface area contributed by atoms with Gasteiger partial charge in [-0.1, -0.05) is 41.7 Å². The quantitative estimate of drug-likeness (QED) is 0.766. The van der Waals surface area contributed by atoms with E-state index in [4.69, 9.17) is 5.11 Å². The first-order valence-electron chi connectivity index (χ1n) is 5.57. The third-order valence-electron chi connectivity index (χ3n) is 2.49.